The zero-order valence-electron chi connectivity index (χ0n) is 18.0. The van der Waals surface area contributed by atoms with Crippen molar-refractivity contribution in [3.63, 3.8) is 0 Å². The molecule has 31 heavy (non-hydrogen) atoms. The Morgan fingerprint density at radius 3 is 2.71 bits per heavy atom. The minimum atomic E-state index is 0.225. The first kappa shape index (κ1) is 19.5. The average Bonchev–Trinajstić information content (AvgIpc) is 3.14. The Balaban J connectivity index is 1.38. The minimum Gasteiger partial charge on any atom is -0.372 e. The zero-order valence-corrected chi connectivity index (χ0v) is 18.0. The Bertz CT molecular complexity index is 1210. The van der Waals surface area contributed by atoms with Crippen molar-refractivity contribution in [2.75, 3.05) is 23.3 Å². The summed E-state index contributed by atoms with van der Waals surface area (Å²) < 4.78 is 7.70. The number of pyridine rings is 2. The third-order valence-electron chi connectivity index (χ3n) is 5.56. The lowest BCUT2D eigenvalue weighted by Gasteiger charge is -2.37. The predicted molar refractivity (Wildman–Crippen MR) is 124 cm³/mol. The maximum atomic E-state index is 5.87. The van der Waals surface area contributed by atoms with Gasteiger partial charge < -0.3 is 15.0 Å². The lowest BCUT2D eigenvalue weighted by Crippen LogP contribution is -2.45. The first-order valence-corrected chi connectivity index (χ1v) is 10.6. The number of rotatable bonds is 4. The number of hydrogen-bond acceptors (Lipinski definition) is 6. The number of fused-ring (bicyclic) bond motifs is 1. The van der Waals surface area contributed by atoms with E-state index in [1.807, 2.05) is 42.2 Å². The van der Waals surface area contributed by atoms with Crippen molar-refractivity contribution in [1.82, 2.24) is 19.7 Å². The van der Waals surface area contributed by atoms with E-state index >= 15 is 0 Å². The molecule has 1 aromatic carbocycles. The zero-order chi connectivity index (χ0) is 21.4. The number of nitrogens with zero attached hydrogens (tertiary/aromatic N) is 5. The molecule has 1 fully saturated rings. The van der Waals surface area contributed by atoms with Gasteiger partial charge in [-0.25, -0.2) is 9.97 Å². The molecule has 0 aliphatic carbocycles. The standard InChI is InChI=1S/C24H26N6O/c1-16-14-30(15-17(2)31-16)20-6-4-5-19(12-20)27-24-11-18(9-10-25-24)21-7-8-23-22(28-21)13-26-29(23)3/h4-13,16-17H,14-15H2,1-3H3,(H,25,27)/t16-,17+. The SMILES string of the molecule is C[C@@H]1CN(c2cccc(Nc3cc(-c4ccc5c(cnn5C)n4)ccn3)c2)C[C@H](C)O1. The second-order valence-corrected chi connectivity index (χ2v) is 8.14. The molecule has 0 spiro atoms. The van der Waals surface area contributed by atoms with Crippen LogP contribution in [-0.4, -0.2) is 45.0 Å². The number of nitrogens with one attached hydrogen (secondary N) is 1. The predicted octanol–water partition coefficient (Wildman–Crippen LogP) is 4.39. The molecule has 4 aromatic rings. The van der Waals surface area contributed by atoms with Crippen molar-refractivity contribution in [3.8, 4) is 11.3 Å². The molecule has 1 saturated heterocycles. The van der Waals surface area contributed by atoms with Crippen molar-refractivity contribution in [1.29, 1.82) is 0 Å². The molecule has 0 amide bonds. The van der Waals surface area contributed by atoms with E-state index in [0.29, 0.717) is 0 Å². The van der Waals surface area contributed by atoms with Crippen LogP contribution in [0.2, 0.25) is 0 Å². The molecule has 2 atom stereocenters. The molecule has 0 saturated carbocycles. The molecule has 1 aliphatic heterocycles. The van der Waals surface area contributed by atoms with E-state index in [9.17, 15) is 0 Å². The van der Waals surface area contributed by atoms with Gasteiger partial charge in [-0.3, -0.25) is 4.68 Å². The summed E-state index contributed by atoms with van der Waals surface area (Å²) in [6.07, 6.45) is 4.05. The Hall–Kier alpha value is -3.45. The molecule has 0 bridgehead atoms. The number of aromatic nitrogens is 4. The molecular formula is C24H26N6O. The summed E-state index contributed by atoms with van der Waals surface area (Å²) in [6.45, 7) is 6.03. The normalized spacial score (nSPS) is 19.0. The molecule has 0 radical (unpaired) electrons. The van der Waals surface area contributed by atoms with Gasteiger partial charge in [0.15, 0.2) is 0 Å². The number of benzene rings is 1. The number of hydrogen-bond donors (Lipinski definition) is 1. The summed E-state index contributed by atoms with van der Waals surface area (Å²) in [5.74, 6) is 0.784. The van der Waals surface area contributed by atoms with E-state index in [4.69, 9.17) is 9.72 Å². The summed E-state index contributed by atoms with van der Waals surface area (Å²) >= 11 is 0. The second kappa shape index (κ2) is 8.00. The van der Waals surface area contributed by atoms with E-state index in [0.717, 1.165) is 46.9 Å². The molecule has 7 heteroatoms. The molecular weight excluding hydrogens is 388 g/mol. The quantitative estimate of drug-likeness (QED) is 0.534. The lowest BCUT2D eigenvalue weighted by atomic mass is 10.1. The monoisotopic (exact) mass is 414 g/mol. The molecule has 1 aliphatic rings. The summed E-state index contributed by atoms with van der Waals surface area (Å²) in [7, 11) is 1.92. The highest BCUT2D eigenvalue weighted by molar-refractivity contribution is 5.78. The maximum absolute atomic E-state index is 5.87. The van der Waals surface area contributed by atoms with Gasteiger partial charge in [0.2, 0.25) is 0 Å². The van der Waals surface area contributed by atoms with E-state index in [-0.39, 0.29) is 12.2 Å². The largest absolute Gasteiger partial charge is 0.372 e. The molecule has 158 valence electrons. The highest BCUT2D eigenvalue weighted by Crippen LogP contribution is 2.27. The van der Waals surface area contributed by atoms with Gasteiger partial charge >= 0.3 is 0 Å². The van der Waals surface area contributed by atoms with E-state index in [2.05, 4.69) is 58.4 Å². The summed E-state index contributed by atoms with van der Waals surface area (Å²) in [6, 6.07) is 16.5. The number of morpholine rings is 1. The summed E-state index contributed by atoms with van der Waals surface area (Å²) in [4.78, 5) is 11.6. The lowest BCUT2D eigenvalue weighted by molar-refractivity contribution is -0.00521. The highest BCUT2D eigenvalue weighted by Gasteiger charge is 2.22. The van der Waals surface area contributed by atoms with Gasteiger partial charge in [-0.2, -0.15) is 5.10 Å². The number of anilines is 3. The van der Waals surface area contributed by atoms with Crippen LogP contribution in [0.25, 0.3) is 22.3 Å². The fourth-order valence-electron chi connectivity index (χ4n) is 4.18. The Kier molecular flexibility index (Phi) is 5.03. The van der Waals surface area contributed by atoms with Crippen LogP contribution in [0.15, 0.2) is 60.9 Å². The average molecular weight is 415 g/mol. The third kappa shape index (κ3) is 4.09. The van der Waals surface area contributed by atoms with Crippen LogP contribution in [0.3, 0.4) is 0 Å². The molecule has 5 rings (SSSR count). The van der Waals surface area contributed by atoms with Crippen LogP contribution < -0.4 is 10.2 Å². The Labute approximate surface area is 181 Å². The van der Waals surface area contributed by atoms with Crippen molar-refractivity contribution in [2.24, 2.45) is 7.05 Å². The van der Waals surface area contributed by atoms with Crippen LogP contribution in [0, 0.1) is 0 Å². The van der Waals surface area contributed by atoms with E-state index in [1.165, 1.54) is 5.69 Å². The van der Waals surface area contributed by atoms with E-state index < -0.39 is 0 Å². The number of ether oxygens (including phenoxy) is 1. The van der Waals surface area contributed by atoms with Gasteiger partial charge in [0.05, 0.1) is 29.6 Å². The maximum Gasteiger partial charge on any atom is 0.130 e. The van der Waals surface area contributed by atoms with Gasteiger partial charge in [0, 0.05) is 43.3 Å². The van der Waals surface area contributed by atoms with Crippen LogP contribution in [0.5, 0.6) is 0 Å². The molecule has 1 N–H and O–H groups in total. The fourth-order valence-corrected chi connectivity index (χ4v) is 4.18. The summed E-state index contributed by atoms with van der Waals surface area (Å²) in [5.41, 5.74) is 6.00. The highest BCUT2D eigenvalue weighted by atomic mass is 16.5. The van der Waals surface area contributed by atoms with Gasteiger partial charge in [-0.1, -0.05) is 6.07 Å². The van der Waals surface area contributed by atoms with Crippen LogP contribution in [0.4, 0.5) is 17.2 Å². The molecule has 0 unspecified atom stereocenters. The molecule has 7 nitrogen and oxygen atoms in total. The van der Waals surface area contributed by atoms with Crippen LogP contribution in [-0.2, 0) is 11.8 Å². The Morgan fingerprint density at radius 2 is 1.87 bits per heavy atom. The first-order valence-electron chi connectivity index (χ1n) is 10.6. The fraction of sp³-hybridized carbons (Fsp3) is 0.292. The first-order chi connectivity index (χ1) is 15.0. The molecule has 4 heterocycles. The third-order valence-corrected chi connectivity index (χ3v) is 5.56. The van der Waals surface area contributed by atoms with Crippen LogP contribution in [0.1, 0.15) is 13.8 Å². The topological polar surface area (TPSA) is 68.1 Å². The van der Waals surface area contributed by atoms with Gasteiger partial charge in [-0.05, 0) is 56.3 Å². The van der Waals surface area contributed by atoms with Crippen molar-refractivity contribution >= 4 is 28.2 Å². The molecule has 3 aromatic heterocycles. The van der Waals surface area contributed by atoms with E-state index in [1.54, 1.807) is 6.20 Å². The summed E-state index contributed by atoms with van der Waals surface area (Å²) in [5, 5.41) is 7.72. The van der Waals surface area contributed by atoms with Gasteiger partial charge in [0.1, 0.15) is 11.3 Å². The van der Waals surface area contributed by atoms with Crippen molar-refractivity contribution in [2.45, 2.75) is 26.1 Å². The van der Waals surface area contributed by atoms with Gasteiger partial charge in [0.25, 0.3) is 0 Å². The number of aryl methyl sites for hydroxylation is 1. The second-order valence-electron chi connectivity index (χ2n) is 8.14. The van der Waals surface area contributed by atoms with Gasteiger partial charge in [-0.15, -0.1) is 0 Å². The minimum absolute atomic E-state index is 0.225. The van der Waals surface area contributed by atoms with Crippen molar-refractivity contribution in [3.05, 3.63) is 60.9 Å². The van der Waals surface area contributed by atoms with Crippen molar-refractivity contribution < 1.29 is 4.74 Å². The Morgan fingerprint density at radius 1 is 1.03 bits per heavy atom. The smallest absolute Gasteiger partial charge is 0.130 e. The van der Waals surface area contributed by atoms with Crippen LogP contribution >= 0.6 is 0 Å².